The molecule has 1 saturated heterocycles. The average molecular weight is 277 g/mol. The third kappa shape index (κ3) is 2.35. The quantitative estimate of drug-likeness (QED) is 0.923. The van der Waals surface area contributed by atoms with Crippen LogP contribution in [0.5, 0.6) is 0 Å². The van der Waals surface area contributed by atoms with E-state index in [-0.39, 0.29) is 17.4 Å². The van der Waals surface area contributed by atoms with Crippen LogP contribution in [0.3, 0.4) is 0 Å². The number of hydrogen-bond acceptors (Lipinski definition) is 3. The Morgan fingerprint density at radius 2 is 1.85 bits per heavy atom. The second-order valence-corrected chi connectivity index (χ2v) is 6.23. The number of pyridine rings is 1. The Bertz CT molecular complexity index is 451. The molecule has 20 heavy (non-hydrogen) atoms. The van der Waals surface area contributed by atoms with Crippen molar-refractivity contribution in [1.29, 1.82) is 0 Å². The molecule has 1 aromatic heterocycles. The van der Waals surface area contributed by atoms with Gasteiger partial charge in [0.1, 0.15) is 5.82 Å². The Kier molecular flexibility index (Phi) is 4.03. The topological polar surface area (TPSA) is 42.1 Å². The number of halogens is 1. The molecule has 3 rings (SSSR count). The molecule has 0 bridgehead atoms. The zero-order valence-corrected chi connectivity index (χ0v) is 12.0. The van der Waals surface area contributed by atoms with Crippen LogP contribution in [0, 0.1) is 5.82 Å². The number of likely N-dealkylation sites (tertiary alicyclic amines) is 1. The summed E-state index contributed by atoms with van der Waals surface area (Å²) in [5.41, 5.74) is 7.15. The second-order valence-electron chi connectivity index (χ2n) is 6.23. The van der Waals surface area contributed by atoms with E-state index in [0.717, 1.165) is 25.9 Å². The van der Waals surface area contributed by atoms with E-state index in [4.69, 9.17) is 5.73 Å². The van der Waals surface area contributed by atoms with E-state index < -0.39 is 0 Å². The zero-order chi connectivity index (χ0) is 14.0. The number of aromatic nitrogens is 1. The highest BCUT2D eigenvalue weighted by molar-refractivity contribution is 5.23. The Morgan fingerprint density at radius 1 is 1.15 bits per heavy atom. The van der Waals surface area contributed by atoms with Gasteiger partial charge >= 0.3 is 0 Å². The van der Waals surface area contributed by atoms with Crippen molar-refractivity contribution in [3.8, 4) is 0 Å². The molecule has 110 valence electrons. The summed E-state index contributed by atoms with van der Waals surface area (Å²) in [6.45, 7) is 2.22. The van der Waals surface area contributed by atoms with Crippen LogP contribution in [0.1, 0.15) is 56.6 Å². The van der Waals surface area contributed by atoms with E-state index in [1.165, 1.54) is 38.3 Å². The Labute approximate surface area is 120 Å². The maximum Gasteiger partial charge on any atom is 0.146 e. The second kappa shape index (κ2) is 5.78. The molecular formula is C16H24FN3. The molecule has 1 unspecified atom stereocenters. The highest BCUT2D eigenvalue weighted by Crippen LogP contribution is 2.44. The van der Waals surface area contributed by atoms with Crippen molar-refractivity contribution in [3.63, 3.8) is 0 Å². The molecule has 1 aromatic rings. The Morgan fingerprint density at radius 3 is 2.50 bits per heavy atom. The molecule has 2 fully saturated rings. The molecule has 0 aromatic carbocycles. The minimum absolute atomic E-state index is 0.0391. The molecule has 0 amide bonds. The number of nitrogens with zero attached hydrogens (tertiary/aromatic N) is 2. The van der Waals surface area contributed by atoms with Gasteiger partial charge in [0, 0.05) is 17.3 Å². The molecule has 0 spiro atoms. The summed E-state index contributed by atoms with van der Waals surface area (Å²) in [7, 11) is 0. The first-order valence-electron chi connectivity index (χ1n) is 7.84. The molecule has 4 heteroatoms. The monoisotopic (exact) mass is 277 g/mol. The average Bonchev–Trinajstić information content (AvgIpc) is 2.99. The summed E-state index contributed by atoms with van der Waals surface area (Å²) in [4.78, 5) is 6.39. The van der Waals surface area contributed by atoms with E-state index in [1.54, 1.807) is 12.3 Å². The van der Waals surface area contributed by atoms with Crippen molar-refractivity contribution in [2.75, 3.05) is 13.1 Å². The lowest BCUT2D eigenvalue weighted by Gasteiger charge is -2.47. The van der Waals surface area contributed by atoms with Gasteiger partial charge in [-0.25, -0.2) is 4.39 Å². The van der Waals surface area contributed by atoms with Gasteiger partial charge in [-0.2, -0.15) is 0 Å². The van der Waals surface area contributed by atoms with E-state index >= 15 is 0 Å². The van der Waals surface area contributed by atoms with Gasteiger partial charge in [-0.1, -0.05) is 19.3 Å². The van der Waals surface area contributed by atoms with Crippen molar-refractivity contribution in [2.45, 2.75) is 56.5 Å². The Balaban J connectivity index is 1.91. The van der Waals surface area contributed by atoms with Crippen LogP contribution in [0.4, 0.5) is 4.39 Å². The lowest BCUT2D eigenvalue weighted by Crippen LogP contribution is -2.55. The Hall–Kier alpha value is -1.00. The van der Waals surface area contributed by atoms with Crippen LogP contribution in [0.15, 0.2) is 18.5 Å². The first-order valence-corrected chi connectivity index (χ1v) is 7.84. The van der Waals surface area contributed by atoms with E-state index in [0.29, 0.717) is 5.56 Å². The predicted molar refractivity (Wildman–Crippen MR) is 77.7 cm³/mol. The van der Waals surface area contributed by atoms with Gasteiger partial charge in [-0.15, -0.1) is 0 Å². The normalized spacial score (nSPS) is 24.7. The fraction of sp³-hybridized carbons (Fsp3) is 0.688. The molecule has 0 radical (unpaired) electrons. The summed E-state index contributed by atoms with van der Waals surface area (Å²) < 4.78 is 14.1. The first-order chi connectivity index (χ1) is 9.74. The third-order valence-corrected chi connectivity index (χ3v) is 5.17. The minimum Gasteiger partial charge on any atom is -0.322 e. The van der Waals surface area contributed by atoms with Crippen LogP contribution < -0.4 is 5.73 Å². The number of hydrogen-bond donors (Lipinski definition) is 1. The summed E-state index contributed by atoms with van der Waals surface area (Å²) in [6, 6.07) is 1.51. The highest BCUT2D eigenvalue weighted by atomic mass is 19.1. The molecule has 3 nitrogen and oxygen atoms in total. The van der Waals surface area contributed by atoms with Crippen molar-refractivity contribution in [3.05, 3.63) is 29.8 Å². The van der Waals surface area contributed by atoms with Gasteiger partial charge in [0.2, 0.25) is 0 Å². The fourth-order valence-corrected chi connectivity index (χ4v) is 4.08. The molecular weight excluding hydrogens is 253 g/mol. The van der Waals surface area contributed by atoms with Crippen LogP contribution in [-0.2, 0) is 0 Å². The maximum absolute atomic E-state index is 14.1. The number of rotatable bonds is 3. The van der Waals surface area contributed by atoms with Crippen molar-refractivity contribution in [2.24, 2.45) is 5.73 Å². The van der Waals surface area contributed by atoms with Crippen molar-refractivity contribution >= 4 is 0 Å². The zero-order valence-electron chi connectivity index (χ0n) is 12.0. The minimum atomic E-state index is -0.261. The van der Waals surface area contributed by atoms with Crippen LogP contribution in [-0.4, -0.2) is 28.5 Å². The van der Waals surface area contributed by atoms with Crippen molar-refractivity contribution < 1.29 is 4.39 Å². The largest absolute Gasteiger partial charge is 0.322 e. The SMILES string of the molecule is NC(c1ccncc1F)C1(N2CCCCC2)CCCC1. The van der Waals surface area contributed by atoms with E-state index in [1.807, 2.05) is 0 Å². The molecule has 1 aliphatic carbocycles. The molecule has 2 heterocycles. The molecule has 1 atom stereocenters. The van der Waals surface area contributed by atoms with Crippen LogP contribution in [0.25, 0.3) is 0 Å². The molecule has 1 saturated carbocycles. The summed E-state index contributed by atoms with van der Waals surface area (Å²) in [5.74, 6) is -0.261. The van der Waals surface area contributed by atoms with Gasteiger partial charge in [-0.3, -0.25) is 9.88 Å². The lowest BCUT2D eigenvalue weighted by atomic mass is 9.81. The maximum atomic E-state index is 14.1. The van der Waals surface area contributed by atoms with Gasteiger partial charge in [0.25, 0.3) is 0 Å². The van der Waals surface area contributed by atoms with Crippen LogP contribution in [0.2, 0.25) is 0 Å². The van der Waals surface area contributed by atoms with E-state index in [9.17, 15) is 4.39 Å². The lowest BCUT2D eigenvalue weighted by molar-refractivity contribution is 0.0468. The number of nitrogens with two attached hydrogens (primary N) is 1. The molecule has 2 N–H and O–H groups in total. The summed E-state index contributed by atoms with van der Waals surface area (Å²) in [6.07, 6.45) is 11.3. The standard InChI is InChI=1S/C16H24FN3/c17-14-12-19-9-6-13(14)15(18)16(7-2-3-8-16)20-10-4-1-5-11-20/h6,9,12,15H,1-5,7-8,10-11,18H2. The van der Waals surface area contributed by atoms with Gasteiger partial charge in [-0.05, 0) is 44.8 Å². The highest BCUT2D eigenvalue weighted by Gasteiger charge is 2.45. The predicted octanol–water partition coefficient (Wildman–Crippen LogP) is 3.02. The van der Waals surface area contributed by atoms with Gasteiger partial charge in [0.05, 0.1) is 12.2 Å². The molecule has 2 aliphatic rings. The first kappa shape index (κ1) is 14.0. The van der Waals surface area contributed by atoms with Crippen LogP contribution >= 0.6 is 0 Å². The molecule has 1 aliphatic heterocycles. The third-order valence-electron chi connectivity index (χ3n) is 5.17. The van der Waals surface area contributed by atoms with Gasteiger partial charge < -0.3 is 5.73 Å². The van der Waals surface area contributed by atoms with E-state index in [2.05, 4.69) is 9.88 Å². The number of piperidine rings is 1. The van der Waals surface area contributed by atoms with Crippen molar-refractivity contribution in [1.82, 2.24) is 9.88 Å². The summed E-state index contributed by atoms with van der Waals surface area (Å²) >= 11 is 0. The van der Waals surface area contributed by atoms with Gasteiger partial charge in [0.15, 0.2) is 0 Å². The summed E-state index contributed by atoms with van der Waals surface area (Å²) in [5, 5.41) is 0. The fourth-order valence-electron chi connectivity index (χ4n) is 4.08. The smallest absolute Gasteiger partial charge is 0.146 e.